The van der Waals surface area contributed by atoms with E-state index in [0.29, 0.717) is 6.54 Å². The second-order valence-electron chi connectivity index (χ2n) is 4.43. The number of carbonyl (C=O) groups excluding carboxylic acids is 1. The van der Waals surface area contributed by atoms with Gasteiger partial charge in [0.2, 0.25) is 0 Å². The normalized spacial score (nSPS) is 14.9. The molecule has 106 valence electrons. The summed E-state index contributed by atoms with van der Waals surface area (Å²) in [4.78, 5) is 24.2. The first-order valence-electron chi connectivity index (χ1n) is 6.42. The number of carboxylic acids is 1. The van der Waals surface area contributed by atoms with Crippen molar-refractivity contribution in [2.24, 2.45) is 5.73 Å². The van der Waals surface area contributed by atoms with Gasteiger partial charge in [-0.2, -0.15) is 0 Å². The molecule has 0 unspecified atom stereocenters. The van der Waals surface area contributed by atoms with Gasteiger partial charge in [-0.05, 0) is 32.9 Å². The highest BCUT2D eigenvalue weighted by atomic mass is 16.4. The number of likely N-dealkylation sites (tertiary alicyclic amines) is 1. The Bertz CT molecular complexity index is 253. The van der Waals surface area contributed by atoms with Gasteiger partial charge in [-0.3, -0.25) is 4.79 Å². The third-order valence-electron chi connectivity index (χ3n) is 2.91. The Hall–Kier alpha value is -1.30. The van der Waals surface area contributed by atoms with Crippen molar-refractivity contribution < 1.29 is 14.7 Å². The molecule has 0 saturated carbocycles. The number of nitrogens with two attached hydrogens (primary N) is 1. The maximum Gasteiger partial charge on any atom is 0.314 e. The fourth-order valence-electron chi connectivity index (χ4n) is 1.56. The van der Waals surface area contributed by atoms with Crippen LogP contribution in [0.5, 0.6) is 0 Å². The van der Waals surface area contributed by atoms with Crippen LogP contribution in [0.1, 0.15) is 32.6 Å². The van der Waals surface area contributed by atoms with Crippen LogP contribution < -0.4 is 5.73 Å². The highest BCUT2D eigenvalue weighted by Crippen LogP contribution is 2.07. The largest absolute Gasteiger partial charge is 0.481 e. The standard InChI is InChI=1S/C6H12N2O.C6H13NO2/c7-6(9)8-4-2-1-3-5-8;1-3-7(2)5-4-6(8)9/h1-5H2,(H2,7,9);3-5H2,1-2H3,(H,8,9). The van der Waals surface area contributed by atoms with Crippen molar-refractivity contribution in [1.29, 1.82) is 0 Å². The molecule has 0 aromatic heterocycles. The van der Waals surface area contributed by atoms with Crippen LogP contribution in [0.3, 0.4) is 0 Å². The summed E-state index contributed by atoms with van der Waals surface area (Å²) in [5, 5.41) is 8.23. The Morgan fingerprint density at radius 1 is 1.28 bits per heavy atom. The number of carbonyl (C=O) groups is 2. The zero-order valence-corrected chi connectivity index (χ0v) is 11.4. The first kappa shape index (κ1) is 16.7. The summed E-state index contributed by atoms with van der Waals surface area (Å²) in [7, 11) is 1.91. The van der Waals surface area contributed by atoms with E-state index in [1.807, 2.05) is 18.9 Å². The van der Waals surface area contributed by atoms with Gasteiger partial charge in [0.05, 0.1) is 6.42 Å². The Morgan fingerprint density at radius 3 is 2.17 bits per heavy atom. The lowest BCUT2D eigenvalue weighted by molar-refractivity contribution is -0.137. The van der Waals surface area contributed by atoms with Crippen LogP contribution >= 0.6 is 0 Å². The molecule has 6 heteroatoms. The predicted molar refractivity (Wildman–Crippen MR) is 70.4 cm³/mol. The lowest BCUT2D eigenvalue weighted by atomic mass is 10.1. The topological polar surface area (TPSA) is 86.9 Å². The zero-order chi connectivity index (χ0) is 14.0. The van der Waals surface area contributed by atoms with Crippen LogP contribution in [-0.4, -0.2) is 60.1 Å². The van der Waals surface area contributed by atoms with Crippen molar-refractivity contribution in [1.82, 2.24) is 9.80 Å². The summed E-state index contributed by atoms with van der Waals surface area (Å²) in [5.41, 5.74) is 5.05. The number of hydrogen-bond acceptors (Lipinski definition) is 3. The van der Waals surface area contributed by atoms with Crippen molar-refractivity contribution in [2.45, 2.75) is 32.6 Å². The number of rotatable bonds is 4. The summed E-state index contributed by atoms with van der Waals surface area (Å²) in [5.74, 6) is -0.727. The third-order valence-corrected chi connectivity index (χ3v) is 2.91. The number of hydrogen-bond donors (Lipinski definition) is 2. The van der Waals surface area contributed by atoms with Crippen molar-refractivity contribution in [3.63, 3.8) is 0 Å². The van der Waals surface area contributed by atoms with Gasteiger partial charge in [-0.1, -0.05) is 6.92 Å². The fourth-order valence-corrected chi connectivity index (χ4v) is 1.56. The second-order valence-corrected chi connectivity index (χ2v) is 4.43. The van der Waals surface area contributed by atoms with E-state index in [0.717, 1.165) is 32.5 Å². The number of urea groups is 1. The maximum atomic E-state index is 10.5. The molecular formula is C12H25N3O3. The Balaban J connectivity index is 0.000000321. The minimum Gasteiger partial charge on any atom is -0.481 e. The predicted octanol–water partition coefficient (Wildman–Crippen LogP) is 0.964. The van der Waals surface area contributed by atoms with Crippen LogP contribution in [0.15, 0.2) is 0 Å². The van der Waals surface area contributed by atoms with E-state index in [2.05, 4.69) is 0 Å². The Kier molecular flexibility index (Phi) is 9.00. The Labute approximate surface area is 109 Å². The van der Waals surface area contributed by atoms with E-state index in [1.54, 1.807) is 4.90 Å². The van der Waals surface area contributed by atoms with E-state index in [4.69, 9.17) is 10.8 Å². The van der Waals surface area contributed by atoms with E-state index in [-0.39, 0.29) is 12.5 Å². The summed E-state index contributed by atoms with van der Waals surface area (Å²) >= 11 is 0. The van der Waals surface area contributed by atoms with Crippen LogP contribution in [0, 0.1) is 0 Å². The molecule has 0 spiro atoms. The highest BCUT2D eigenvalue weighted by molar-refractivity contribution is 5.71. The number of amides is 2. The van der Waals surface area contributed by atoms with Gasteiger partial charge in [0.1, 0.15) is 0 Å². The van der Waals surface area contributed by atoms with Crippen LogP contribution in [0.25, 0.3) is 0 Å². The monoisotopic (exact) mass is 259 g/mol. The maximum absolute atomic E-state index is 10.5. The quantitative estimate of drug-likeness (QED) is 0.787. The van der Waals surface area contributed by atoms with Gasteiger partial charge in [0, 0.05) is 19.6 Å². The van der Waals surface area contributed by atoms with Crippen molar-refractivity contribution in [3.8, 4) is 0 Å². The molecule has 0 bridgehead atoms. The van der Waals surface area contributed by atoms with Crippen LogP contribution in [-0.2, 0) is 4.79 Å². The zero-order valence-electron chi connectivity index (χ0n) is 11.4. The number of nitrogens with zero attached hydrogens (tertiary/aromatic N) is 2. The summed E-state index contributed by atoms with van der Waals surface area (Å²) in [6, 6.07) is -0.269. The molecule has 3 N–H and O–H groups in total. The van der Waals surface area contributed by atoms with Crippen molar-refractivity contribution >= 4 is 12.0 Å². The Morgan fingerprint density at radius 2 is 1.83 bits per heavy atom. The molecule has 6 nitrogen and oxygen atoms in total. The SMILES string of the molecule is CCN(C)CCC(=O)O.NC(=O)N1CCCCC1. The van der Waals surface area contributed by atoms with E-state index < -0.39 is 5.97 Å². The van der Waals surface area contributed by atoms with E-state index in [1.165, 1.54) is 6.42 Å². The third kappa shape index (κ3) is 8.81. The van der Waals surface area contributed by atoms with E-state index >= 15 is 0 Å². The molecule has 0 aliphatic carbocycles. The molecule has 1 heterocycles. The van der Waals surface area contributed by atoms with Crippen molar-refractivity contribution in [2.75, 3.05) is 33.2 Å². The number of primary amides is 1. The lowest BCUT2D eigenvalue weighted by Crippen LogP contribution is -2.39. The molecule has 2 amide bonds. The van der Waals surface area contributed by atoms with E-state index in [9.17, 15) is 9.59 Å². The highest BCUT2D eigenvalue weighted by Gasteiger charge is 2.11. The van der Waals surface area contributed by atoms with Gasteiger partial charge in [-0.15, -0.1) is 0 Å². The molecule has 18 heavy (non-hydrogen) atoms. The fraction of sp³-hybridized carbons (Fsp3) is 0.833. The summed E-state index contributed by atoms with van der Waals surface area (Å²) in [6.07, 6.45) is 3.71. The molecule has 1 rings (SSSR count). The van der Waals surface area contributed by atoms with Gasteiger partial charge in [0.15, 0.2) is 0 Å². The van der Waals surface area contributed by atoms with Gasteiger partial charge >= 0.3 is 12.0 Å². The minimum absolute atomic E-state index is 0.240. The second kappa shape index (κ2) is 9.70. The number of piperidine rings is 1. The number of aliphatic carboxylic acids is 1. The first-order valence-corrected chi connectivity index (χ1v) is 6.42. The summed E-state index contributed by atoms with van der Waals surface area (Å²) < 4.78 is 0. The molecule has 0 atom stereocenters. The smallest absolute Gasteiger partial charge is 0.314 e. The molecule has 1 saturated heterocycles. The molecule has 1 fully saturated rings. The molecular weight excluding hydrogens is 234 g/mol. The van der Waals surface area contributed by atoms with Gasteiger partial charge in [0.25, 0.3) is 0 Å². The molecule has 0 aromatic carbocycles. The molecule has 0 aromatic rings. The van der Waals surface area contributed by atoms with Gasteiger partial charge < -0.3 is 20.6 Å². The minimum atomic E-state index is -0.727. The lowest BCUT2D eigenvalue weighted by Gasteiger charge is -2.24. The molecule has 0 radical (unpaired) electrons. The molecule has 1 aliphatic heterocycles. The first-order chi connectivity index (χ1) is 8.47. The summed E-state index contributed by atoms with van der Waals surface area (Å²) in [6.45, 7) is 5.27. The molecule has 1 aliphatic rings. The van der Waals surface area contributed by atoms with Crippen LogP contribution in [0.4, 0.5) is 4.79 Å². The number of carboxylic acid groups (broad SMARTS) is 1. The van der Waals surface area contributed by atoms with Gasteiger partial charge in [-0.25, -0.2) is 4.79 Å². The van der Waals surface area contributed by atoms with Crippen molar-refractivity contribution in [3.05, 3.63) is 0 Å². The average molecular weight is 259 g/mol. The van der Waals surface area contributed by atoms with Crippen LogP contribution in [0.2, 0.25) is 0 Å². The average Bonchev–Trinajstić information content (AvgIpc) is 2.37.